The first kappa shape index (κ1) is 28.3. The molecule has 3 aromatic carbocycles. The summed E-state index contributed by atoms with van der Waals surface area (Å²) in [6.45, 7) is 4.51. The summed E-state index contributed by atoms with van der Waals surface area (Å²) in [5.74, 6) is 1.86. The summed E-state index contributed by atoms with van der Waals surface area (Å²) in [6.07, 6.45) is 0. The maximum absolute atomic E-state index is 12.1. The third-order valence-electron chi connectivity index (χ3n) is 6.40. The van der Waals surface area contributed by atoms with E-state index in [-0.39, 0.29) is 17.2 Å². The number of ether oxygens (including phenoxy) is 3. The number of benzene rings is 3. The van der Waals surface area contributed by atoms with Gasteiger partial charge in [0, 0.05) is 22.7 Å². The van der Waals surface area contributed by atoms with E-state index in [0.717, 1.165) is 34.2 Å². The van der Waals surface area contributed by atoms with Crippen LogP contribution in [0.2, 0.25) is 5.02 Å². The van der Waals surface area contributed by atoms with Gasteiger partial charge in [0.25, 0.3) is 5.91 Å². The number of aliphatic imine (C=N–C) groups is 1. The van der Waals surface area contributed by atoms with E-state index in [1.54, 1.807) is 18.2 Å². The van der Waals surface area contributed by atoms with Crippen molar-refractivity contribution in [1.82, 2.24) is 20.1 Å². The van der Waals surface area contributed by atoms with Crippen LogP contribution in [-0.2, 0) is 16.0 Å². The summed E-state index contributed by atoms with van der Waals surface area (Å²) in [5.41, 5.74) is 3.86. The van der Waals surface area contributed by atoms with Gasteiger partial charge in [0.2, 0.25) is 0 Å². The van der Waals surface area contributed by atoms with Crippen molar-refractivity contribution in [2.24, 2.45) is 4.99 Å². The zero-order chi connectivity index (χ0) is 28.6. The monoisotopic (exact) mass is 575 g/mol. The van der Waals surface area contributed by atoms with Crippen molar-refractivity contribution >= 4 is 23.2 Å². The minimum atomic E-state index is -0.346. The number of amides is 1. The van der Waals surface area contributed by atoms with Crippen LogP contribution in [0.5, 0.6) is 11.5 Å². The molecule has 0 spiro atoms. The number of halogens is 1. The summed E-state index contributed by atoms with van der Waals surface area (Å²) in [6, 6.07) is 19.9. The molecule has 5 rings (SSSR count). The molecule has 0 bridgehead atoms. The van der Waals surface area contributed by atoms with E-state index in [4.69, 9.17) is 30.8 Å². The molecule has 1 amide bonds. The lowest BCUT2D eigenvalue weighted by molar-refractivity contribution is 0.0370. The van der Waals surface area contributed by atoms with E-state index in [9.17, 15) is 9.90 Å². The number of aromatic hydroxyl groups is 1. The number of hydrogen-bond donors (Lipinski definition) is 2. The summed E-state index contributed by atoms with van der Waals surface area (Å²) in [7, 11) is 0. The molecule has 2 heterocycles. The van der Waals surface area contributed by atoms with Crippen molar-refractivity contribution < 1.29 is 24.1 Å². The number of nitrogens with zero attached hydrogens (tertiary/aromatic N) is 4. The Balaban J connectivity index is 1.09. The molecule has 41 heavy (non-hydrogen) atoms. The topological polar surface area (TPSA) is 120 Å². The average Bonchev–Trinajstić information content (AvgIpc) is 3.26. The molecular weight excluding hydrogens is 546 g/mol. The minimum Gasteiger partial charge on any atom is -0.507 e. The lowest BCUT2D eigenvalue weighted by Crippen LogP contribution is -2.27. The van der Waals surface area contributed by atoms with Crippen LogP contribution in [0, 0.1) is 6.92 Å². The molecule has 1 aliphatic heterocycles. The molecule has 0 saturated heterocycles. The zero-order valence-electron chi connectivity index (χ0n) is 22.5. The Morgan fingerprint density at radius 3 is 2.54 bits per heavy atom. The highest BCUT2D eigenvalue weighted by Crippen LogP contribution is 2.29. The van der Waals surface area contributed by atoms with Crippen molar-refractivity contribution in [1.29, 1.82) is 0 Å². The van der Waals surface area contributed by atoms with Crippen LogP contribution in [0.3, 0.4) is 0 Å². The summed E-state index contributed by atoms with van der Waals surface area (Å²) in [4.78, 5) is 16.9. The number of phenols is 1. The number of carbonyl (C=O) groups excluding carboxylic acids is 1. The van der Waals surface area contributed by atoms with Gasteiger partial charge in [0.15, 0.2) is 5.82 Å². The van der Waals surface area contributed by atoms with E-state index >= 15 is 0 Å². The number of rotatable bonds is 12. The summed E-state index contributed by atoms with van der Waals surface area (Å²) < 4.78 is 19.1. The lowest BCUT2D eigenvalue weighted by Gasteiger charge is -2.15. The smallest absolute Gasteiger partial charge is 0.255 e. The van der Waals surface area contributed by atoms with Crippen LogP contribution >= 0.6 is 11.6 Å². The number of aryl methyl sites for hydroxylation is 1. The van der Waals surface area contributed by atoms with Gasteiger partial charge in [-0.15, -0.1) is 10.2 Å². The maximum atomic E-state index is 12.1. The number of para-hydroxylation sites is 1. The standard InChI is InChI=1S/C30H30ClN5O5/c1-20-34-35-28-19-33-29(21-6-8-22(31)9-7-21)25-18-23(10-11-26(25)36(20)28)41-17-16-40-15-14-39-13-12-32-30(38)24-4-2-3-5-27(24)37/h2-11,18,37H,12-17,19H2,1H3,(H,32,38). The van der Waals surface area contributed by atoms with E-state index < -0.39 is 0 Å². The maximum Gasteiger partial charge on any atom is 0.255 e. The SMILES string of the molecule is Cc1nnc2n1-c1ccc(OCCOCCOCCNC(=O)c3ccccc3O)cc1C(c1ccc(Cl)cc1)=NC2. The Labute approximate surface area is 242 Å². The molecule has 2 N–H and O–H groups in total. The summed E-state index contributed by atoms with van der Waals surface area (Å²) in [5, 5.41) is 21.6. The van der Waals surface area contributed by atoms with Gasteiger partial charge in [-0.1, -0.05) is 35.9 Å². The van der Waals surface area contributed by atoms with Gasteiger partial charge < -0.3 is 24.6 Å². The van der Waals surface area contributed by atoms with Crippen molar-refractivity contribution in [3.8, 4) is 17.2 Å². The molecule has 212 valence electrons. The van der Waals surface area contributed by atoms with Gasteiger partial charge in [0.1, 0.15) is 30.5 Å². The lowest BCUT2D eigenvalue weighted by atomic mass is 10.00. The molecule has 4 aromatic rings. The number of phenolic OH excluding ortho intramolecular Hbond substituents is 1. The Morgan fingerprint density at radius 1 is 0.976 bits per heavy atom. The second-order valence-corrected chi connectivity index (χ2v) is 9.63. The van der Waals surface area contributed by atoms with Crippen LogP contribution in [0.4, 0.5) is 0 Å². The highest BCUT2D eigenvalue weighted by molar-refractivity contribution is 6.30. The van der Waals surface area contributed by atoms with Gasteiger partial charge >= 0.3 is 0 Å². The fraction of sp³-hybridized carbons (Fsp3) is 0.267. The molecule has 0 atom stereocenters. The molecule has 0 unspecified atom stereocenters. The number of nitrogens with one attached hydrogen (secondary N) is 1. The van der Waals surface area contributed by atoms with Gasteiger partial charge in [0.05, 0.1) is 43.4 Å². The highest BCUT2D eigenvalue weighted by Gasteiger charge is 2.22. The molecule has 1 aromatic heterocycles. The number of carbonyl (C=O) groups is 1. The molecule has 0 saturated carbocycles. The third-order valence-corrected chi connectivity index (χ3v) is 6.65. The van der Waals surface area contributed by atoms with Gasteiger partial charge in [-0.2, -0.15) is 0 Å². The molecule has 0 aliphatic carbocycles. The first-order valence-corrected chi connectivity index (χ1v) is 13.6. The van der Waals surface area contributed by atoms with Crippen LogP contribution in [-0.4, -0.2) is 71.1 Å². The predicted octanol–water partition coefficient (Wildman–Crippen LogP) is 4.13. The second-order valence-electron chi connectivity index (χ2n) is 9.20. The van der Waals surface area contributed by atoms with Crippen molar-refractivity contribution in [2.45, 2.75) is 13.5 Å². The van der Waals surface area contributed by atoms with Crippen LogP contribution in [0.1, 0.15) is 33.1 Å². The van der Waals surface area contributed by atoms with E-state index in [2.05, 4.69) is 15.5 Å². The van der Waals surface area contributed by atoms with E-state index in [1.807, 2.05) is 54.0 Å². The molecule has 0 radical (unpaired) electrons. The number of aromatic nitrogens is 3. The highest BCUT2D eigenvalue weighted by atomic mass is 35.5. The largest absolute Gasteiger partial charge is 0.507 e. The van der Waals surface area contributed by atoms with Crippen molar-refractivity contribution in [2.75, 3.05) is 39.6 Å². The van der Waals surface area contributed by atoms with Crippen LogP contribution in [0.25, 0.3) is 5.69 Å². The third kappa shape index (κ3) is 6.91. The molecule has 11 heteroatoms. The van der Waals surface area contributed by atoms with E-state index in [1.165, 1.54) is 6.07 Å². The normalized spacial score (nSPS) is 12.2. The Morgan fingerprint density at radius 2 is 1.73 bits per heavy atom. The molecule has 0 fully saturated rings. The summed E-state index contributed by atoms with van der Waals surface area (Å²) >= 11 is 6.12. The predicted molar refractivity (Wildman–Crippen MR) is 154 cm³/mol. The van der Waals surface area contributed by atoms with Gasteiger partial charge in [-0.3, -0.25) is 14.4 Å². The van der Waals surface area contributed by atoms with Crippen LogP contribution < -0.4 is 10.1 Å². The fourth-order valence-corrected chi connectivity index (χ4v) is 4.57. The Bertz CT molecular complexity index is 1540. The second kappa shape index (κ2) is 13.4. The van der Waals surface area contributed by atoms with Crippen molar-refractivity contribution in [3.63, 3.8) is 0 Å². The zero-order valence-corrected chi connectivity index (χ0v) is 23.3. The molecule has 10 nitrogen and oxygen atoms in total. The minimum absolute atomic E-state index is 0.0534. The Hall–Kier alpha value is -4.25. The Kier molecular flexibility index (Phi) is 9.25. The average molecular weight is 576 g/mol. The number of fused-ring (bicyclic) bond motifs is 3. The first-order chi connectivity index (χ1) is 20.0. The van der Waals surface area contributed by atoms with E-state index in [0.29, 0.717) is 56.9 Å². The first-order valence-electron chi connectivity index (χ1n) is 13.2. The molecular formula is C30H30ClN5O5. The van der Waals surface area contributed by atoms with Crippen LogP contribution in [0.15, 0.2) is 71.7 Å². The van der Waals surface area contributed by atoms with Gasteiger partial charge in [-0.05, 0) is 49.4 Å². The molecule has 1 aliphatic rings. The number of hydrogen-bond acceptors (Lipinski definition) is 8. The van der Waals surface area contributed by atoms with Gasteiger partial charge in [-0.25, -0.2) is 0 Å². The van der Waals surface area contributed by atoms with Crippen molar-refractivity contribution in [3.05, 3.63) is 100 Å². The quantitative estimate of drug-likeness (QED) is 0.244. The fourth-order valence-electron chi connectivity index (χ4n) is 4.44.